The van der Waals surface area contributed by atoms with Gasteiger partial charge in [0.15, 0.2) is 16.7 Å². The predicted octanol–water partition coefficient (Wildman–Crippen LogP) is 2.41. The first kappa shape index (κ1) is 20.5. The number of hydrogen-bond acceptors (Lipinski definition) is 7. The topological polar surface area (TPSA) is 100 Å². The first-order valence-electron chi connectivity index (χ1n) is 8.77. The van der Waals surface area contributed by atoms with E-state index in [9.17, 15) is 14.7 Å². The summed E-state index contributed by atoms with van der Waals surface area (Å²) >= 11 is 1.24. The van der Waals surface area contributed by atoms with Gasteiger partial charge in [0.2, 0.25) is 0 Å². The van der Waals surface area contributed by atoms with E-state index in [1.54, 1.807) is 24.3 Å². The molecule has 1 atom stereocenters. The molecule has 1 saturated heterocycles. The standard InChI is InChI=1S/C21H20N2O5S/c1-12-5-4-6-15(9-12)22-21-23-19(24)18(29-21)11-14-7-8-16(17(10-14)27-3)28-13(2)20(25)26/h4-11,13H,1-3H3,(H,25,26)(H,22,23,24)/p-1/b18-11-/t13-/m0/s1. The summed E-state index contributed by atoms with van der Waals surface area (Å²) in [6.07, 6.45) is 0.581. The van der Waals surface area contributed by atoms with Gasteiger partial charge in [-0.05, 0) is 67.1 Å². The fourth-order valence-corrected chi connectivity index (χ4v) is 3.40. The Labute approximate surface area is 172 Å². The molecule has 0 saturated carbocycles. The molecule has 0 aromatic heterocycles. The summed E-state index contributed by atoms with van der Waals surface area (Å²) in [5.41, 5.74) is 2.54. The molecule has 7 nitrogen and oxygen atoms in total. The number of ether oxygens (including phenoxy) is 2. The van der Waals surface area contributed by atoms with Crippen LogP contribution in [0.4, 0.5) is 5.69 Å². The molecular weight excluding hydrogens is 392 g/mol. The fraction of sp³-hybridized carbons (Fsp3) is 0.190. The summed E-state index contributed by atoms with van der Waals surface area (Å²) in [5, 5.41) is 14.1. The van der Waals surface area contributed by atoms with E-state index in [0.717, 1.165) is 11.3 Å². The third-order valence-electron chi connectivity index (χ3n) is 4.00. The average Bonchev–Trinajstić information content (AvgIpc) is 3.01. The Balaban J connectivity index is 1.80. The number of hydrogen-bond donors (Lipinski definition) is 1. The van der Waals surface area contributed by atoms with Crippen molar-refractivity contribution in [1.82, 2.24) is 5.32 Å². The van der Waals surface area contributed by atoms with E-state index >= 15 is 0 Å². The van der Waals surface area contributed by atoms with Gasteiger partial charge in [-0.2, -0.15) is 0 Å². The number of amidine groups is 1. The Hall–Kier alpha value is -3.26. The Morgan fingerprint density at radius 3 is 2.72 bits per heavy atom. The molecule has 1 fully saturated rings. The van der Waals surface area contributed by atoms with Gasteiger partial charge in [0.25, 0.3) is 5.91 Å². The summed E-state index contributed by atoms with van der Waals surface area (Å²) in [6, 6.07) is 12.6. The Bertz CT molecular complexity index is 1020. The van der Waals surface area contributed by atoms with Crippen molar-refractivity contribution in [1.29, 1.82) is 0 Å². The highest BCUT2D eigenvalue weighted by molar-refractivity contribution is 8.18. The van der Waals surface area contributed by atoms with Crippen molar-refractivity contribution in [2.24, 2.45) is 4.99 Å². The molecule has 2 aromatic carbocycles. The van der Waals surface area contributed by atoms with Crippen LogP contribution in [0.15, 0.2) is 52.4 Å². The lowest BCUT2D eigenvalue weighted by atomic mass is 10.2. The molecular formula is C21H19N2O5S-. The first-order chi connectivity index (χ1) is 13.9. The number of carbonyl (C=O) groups excluding carboxylic acids is 2. The van der Waals surface area contributed by atoms with E-state index in [4.69, 9.17) is 9.47 Å². The second-order valence-electron chi connectivity index (χ2n) is 6.31. The average molecular weight is 411 g/mol. The monoisotopic (exact) mass is 411 g/mol. The maximum atomic E-state index is 12.3. The van der Waals surface area contributed by atoms with Crippen LogP contribution < -0.4 is 19.9 Å². The summed E-state index contributed by atoms with van der Waals surface area (Å²) in [6.45, 7) is 3.35. The van der Waals surface area contributed by atoms with E-state index in [1.165, 1.54) is 25.8 Å². The number of carboxylic acids is 1. The molecule has 29 heavy (non-hydrogen) atoms. The van der Waals surface area contributed by atoms with Crippen molar-refractivity contribution in [2.45, 2.75) is 20.0 Å². The highest BCUT2D eigenvalue weighted by Gasteiger charge is 2.24. The van der Waals surface area contributed by atoms with Crippen LogP contribution in [0.1, 0.15) is 18.1 Å². The van der Waals surface area contributed by atoms with Gasteiger partial charge < -0.3 is 24.7 Å². The number of aryl methyl sites for hydroxylation is 1. The SMILES string of the molecule is COc1cc(/C=C2\SC(=Nc3cccc(C)c3)NC2=O)ccc1O[C@@H](C)C(=O)[O-]. The molecule has 1 N–H and O–H groups in total. The van der Waals surface area contributed by atoms with E-state index in [-0.39, 0.29) is 11.7 Å². The lowest BCUT2D eigenvalue weighted by Gasteiger charge is -2.17. The van der Waals surface area contributed by atoms with Gasteiger partial charge in [0.1, 0.15) is 6.10 Å². The zero-order chi connectivity index (χ0) is 21.0. The molecule has 2 aromatic rings. The molecule has 0 radical (unpaired) electrons. The highest BCUT2D eigenvalue weighted by Crippen LogP contribution is 2.32. The summed E-state index contributed by atoms with van der Waals surface area (Å²) < 4.78 is 10.6. The normalized spacial score (nSPS) is 17.3. The largest absolute Gasteiger partial charge is 0.546 e. The van der Waals surface area contributed by atoms with E-state index in [0.29, 0.717) is 21.4 Å². The van der Waals surface area contributed by atoms with Crippen molar-refractivity contribution < 1.29 is 24.2 Å². The van der Waals surface area contributed by atoms with Crippen LogP contribution in [0.25, 0.3) is 6.08 Å². The van der Waals surface area contributed by atoms with Crippen molar-refractivity contribution in [3.05, 3.63) is 58.5 Å². The minimum Gasteiger partial charge on any atom is -0.546 e. The number of aliphatic imine (C=N–C) groups is 1. The van der Waals surface area contributed by atoms with Crippen molar-refractivity contribution in [2.75, 3.05) is 7.11 Å². The summed E-state index contributed by atoms with van der Waals surface area (Å²) in [7, 11) is 1.45. The van der Waals surface area contributed by atoms with Gasteiger partial charge in [0.05, 0.1) is 23.7 Å². The van der Waals surface area contributed by atoms with Gasteiger partial charge in [-0.25, -0.2) is 4.99 Å². The highest BCUT2D eigenvalue weighted by atomic mass is 32.2. The lowest BCUT2D eigenvalue weighted by Crippen LogP contribution is -2.37. The summed E-state index contributed by atoms with van der Waals surface area (Å²) in [5.74, 6) is -0.940. The van der Waals surface area contributed by atoms with E-state index < -0.39 is 12.1 Å². The molecule has 0 spiro atoms. The Morgan fingerprint density at radius 2 is 2.03 bits per heavy atom. The molecule has 0 unspecified atom stereocenters. The number of aliphatic carboxylic acids is 1. The second-order valence-corrected chi connectivity index (χ2v) is 7.34. The number of rotatable bonds is 6. The van der Waals surface area contributed by atoms with Crippen molar-refractivity contribution in [3.8, 4) is 11.5 Å². The maximum Gasteiger partial charge on any atom is 0.264 e. The number of thioether (sulfide) groups is 1. The van der Waals surface area contributed by atoms with Crippen LogP contribution in [0.3, 0.4) is 0 Å². The summed E-state index contributed by atoms with van der Waals surface area (Å²) in [4.78, 5) is 28.1. The molecule has 1 aliphatic heterocycles. The fourth-order valence-electron chi connectivity index (χ4n) is 2.56. The van der Waals surface area contributed by atoms with Gasteiger partial charge >= 0.3 is 0 Å². The van der Waals surface area contributed by atoms with E-state index in [2.05, 4.69) is 10.3 Å². The first-order valence-corrected chi connectivity index (χ1v) is 9.59. The number of methoxy groups -OCH3 is 1. The third-order valence-corrected chi connectivity index (χ3v) is 4.91. The van der Waals surface area contributed by atoms with Gasteiger partial charge in [-0.1, -0.05) is 18.2 Å². The minimum atomic E-state index is -1.32. The number of amides is 1. The van der Waals surface area contributed by atoms with Crippen molar-refractivity contribution in [3.63, 3.8) is 0 Å². The van der Waals surface area contributed by atoms with Crippen LogP contribution in [0.5, 0.6) is 11.5 Å². The zero-order valence-corrected chi connectivity index (χ0v) is 16.9. The Morgan fingerprint density at radius 1 is 1.24 bits per heavy atom. The second kappa shape index (κ2) is 8.83. The number of carboxylic acid groups (broad SMARTS) is 1. The van der Waals surface area contributed by atoms with Crippen LogP contribution in [0.2, 0.25) is 0 Å². The van der Waals surface area contributed by atoms with Gasteiger partial charge in [-0.15, -0.1) is 0 Å². The van der Waals surface area contributed by atoms with Gasteiger partial charge in [-0.3, -0.25) is 4.79 Å². The quantitative estimate of drug-likeness (QED) is 0.733. The van der Waals surface area contributed by atoms with Crippen LogP contribution in [-0.4, -0.2) is 30.3 Å². The molecule has 8 heteroatoms. The van der Waals surface area contributed by atoms with E-state index in [1.807, 2.05) is 31.2 Å². The number of nitrogens with one attached hydrogen (secondary N) is 1. The number of benzene rings is 2. The van der Waals surface area contributed by atoms with Crippen LogP contribution in [0, 0.1) is 6.92 Å². The number of nitrogens with zero attached hydrogens (tertiary/aromatic N) is 1. The molecule has 1 heterocycles. The molecule has 150 valence electrons. The zero-order valence-electron chi connectivity index (χ0n) is 16.1. The minimum absolute atomic E-state index is 0.244. The molecule has 0 bridgehead atoms. The molecule has 1 amide bonds. The Kier molecular flexibility index (Phi) is 6.23. The van der Waals surface area contributed by atoms with Crippen LogP contribution >= 0.6 is 11.8 Å². The molecule has 0 aliphatic carbocycles. The number of carbonyl (C=O) groups is 2. The lowest BCUT2D eigenvalue weighted by molar-refractivity contribution is -0.312. The molecule has 1 aliphatic rings. The molecule has 3 rings (SSSR count). The maximum absolute atomic E-state index is 12.3. The smallest absolute Gasteiger partial charge is 0.264 e. The van der Waals surface area contributed by atoms with Crippen LogP contribution in [-0.2, 0) is 9.59 Å². The predicted molar refractivity (Wildman–Crippen MR) is 110 cm³/mol. The third kappa shape index (κ3) is 5.17. The van der Waals surface area contributed by atoms with Crippen molar-refractivity contribution >= 4 is 40.6 Å². The van der Waals surface area contributed by atoms with Gasteiger partial charge in [0, 0.05) is 0 Å².